The van der Waals surface area contributed by atoms with Crippen LogP contribution >= 0.6 is 27.7 Å². The van der Waals surface area contributed by atoms with Crippen molar-refractivity contribution in [1.82, 2.24) is 0 Å². The van der Waals surface area contributed by atoms with Gasteiger partial charge in [-0.2, -0.15) is 0 Å². The minimum atomic E-state index is -0.309. The van der Waals surface area contributed by atoms with Crippen LogP contribution in [0.1, 0.15) is 19.4 Å². The summed E-state index contributed by atoms with van der Waals surface area (Å²) in [7, 11) is 0. The highest BCUT2D eigenvalue weighted by Gasteiger charge is 2.12. The van der Waals surface area contributed by atoms with Gasteiger partial charge in [-0.15, -0.1) is 11.8 Å². The van der Waals surface area contributed by atoms with Gasteiger partial charge < -0.3 is 10.8 Å². The van der Waals surface area contributed by atoms with E-state index in [1.54, 1.807) is 18.7 Å². The number of hydrogen-bond donors (Lipinski definition) is 2. The number of aliphatic hydroxyl groups excluding tert-OH is 1. The largest absolute Gasteiger partial charge is 0.392 e. The van der Waals surface area contributed by atoms with Gasteiger partial charge in [0.05, 0.1) is 6.10 Å². The summed E-state index contributed by atoms with van der Waals surface area (Å²) >= 11 is 5.17. The average molecular weight is 290 g/mol. The van der Waals surface area contributed by atoms with Gasteiger partial charge in [0.15, 0.2) is 0 Å². The van der Waals surface area contributed by atoms with Gasteiger partial charge in [-0.05, 0) is 40.5 Å². The zero-order chi connectivity index (χ0) is 11.4. The van der Waals surface area contributed by atoms with Gasteiger partial charge in [0, 0.05) is 21.2 Å². The van der Waals surface area contributed by atoms with Crippen LogP contribution in [0.4, 0.5) is 0 Å². The molecule has 1 rings (SSSR count). The van der Waals surface area contributed by atoms with Crippen LogP contribution in [0, 0.1) is 0 Å². The topological polar surface area (TPSA) is 46.2 Å². The molecule has 0 fully saturated rings. The number of halogens is 1. The van der Waals surface area contributed by atoms with Crippen LogP contribution < -0.4 is 5.73 Å². The predicted molar refractivity (Wildman–Crippen MR) is 69.0 cm³/mol. The van der Waals surface area contributed by atoms with Gasteiger partial charge in [-0.3, -0.25) is 0 Å². The molecular formula is C11H16BrNOS. The minimum absolute atomic E-state index is 0.185. The Bertz CT molecular complexity index is 330. The molecular weight excluding hydrogens is 274 g/mol. The molecule has 2 nitrogen and oxygen atoms in total. The number of benzene rings is 1. The lowest BCUT2D eigenvalue weighted by Crippen LogP contribution is -2.14. The van der Waals surface area contributed by atoms with E-state index in [1.165, 1.54) is 0 Å². The molecule has 0 radical (unpaired) electrons. The molecule has 4 heteroatoms. The van der Waals surface area contributed by atoms with Gasteiger partial charge >= 0.3 is 0 Å². The molecule has 0 amide bonds. The number of aliphatic hydroxyl groups is 1. The molecule has 0 spiro atoms. The van der Waals surface area contributed by atoms with Crippen LogP contribution in [0.2, 0.25) is 0 Å². The Morgan fingerprint density at radius 1 is 1.47 bits per heavy atom. The predicted octanol–water partition coefficient (Wildman–Crippen LogP) is 2.77. The molecule has 0 bridgehead atoms. The second-order valence-corrected chi connectivity index (χ2v) is 5.81. The standard InChI is InChI=1S/C11H16BrNOS/c1-7(14)8(2)15-11-4-3-9(6-13)5-10(11)12/h3-5,7-8,14H,6,13H2,1-2H3. The van der Waals surface area contributed by atoms with Gasteiger partial charge in [0.25, 0.3) is 0 Å². The van der Waals surface area contributed by atoms with Crippen molar-refractivity contribution in [2.45, 2.75) is 36.6 Å². The summed E-state index contributed by atoms with van der Waals surface area (Å²) < 4.78 is 1.04. The maximum absolute atomic E-state index is 9.42. The highest BCUT2D eigenvalue weighted by Crippen LogP contribution is 2.32. The number of thioether (sulfide) groups is 1. The zero-order valence-electron chi connectivity index (χ0n) is 8.90. The van der Waals surface area contributed by atoms with Crippen LogP contribution in [0.5, 0.6) is 0 Å². The molecule has 0 aliphatic rings. The van der Waals surface area contributed by atoms with E-state index in [4.69, 9.17) is 5.73 Å². The minimum Gasteiger partial charge on any atom is -0.392 e. The fourth-order valence-electron chi connectivity index (χ4n) is 1.07. The zero-order valence-corrected chi connectivity index (χ0v) is 11.3. The Morgan fingerprint density at radius 2 is 2.13 bits per heavy atom. The number of rotatable bonds is 4. The van der Waals surface area contributed by atoms with Crippen molar-refractivity contribution >= 4 is 27.7 Å². The van der Waals surface area contributed by atoms with E-state index in [0.717, 1.165) is 14.9 Å². The molecule has 15 heavy (non-hydrogen) atoms. The summed E-state index contributed by atoms with van der Waals surface area (Å²) in [6, 6.07) is 6.08. The molecule has 0 heterocycles. The third-order valence-corrected chi connectivity index (χ3v) is 4.52. The van der Waals surface area contributed by atoms with Crippen molar-refractivity contribution in [3.63, 3.8) is 0 Å². The number of hydrogen-bond acceptors (Lipinski definition) is 3. The van der Waals surface area contributed by atoms with Crippen LogP contribution in [0.25, 0.3) is 0 Å². The molecule has 0 saturated heterocycles. The highest BCUT2D eigenvalue weighted by atomic mass is 79.9. The monoisotopic (exact) mass is 289 g/mol. The molecule has 2 unspecified atom stereocenters. The Balaban J connectivity index is 2.78. The van der Waals surface area contributed by atoms with E-state index in [-0.39, 0.29) is 11.4 Å². The van der Waals surface area contributed by atoms with E-state index >= 15 is 0 Å². The van der Waals surface area contributed by atoms with Crippen LogP contribution in [0.3, 0.4) is 0 Å². The summed E-state index contributed by atoms with van der Waals surface area (Å²) in [5.74, 6) is 0. The molecule has 1 aromatic rings. The molecule has 1 aromatic carbocycles. The molecule has 0 aliphatic carbocycles. The van der Waals surface area contributed by atoms with Crippen molar-refractivity contribution in [2.24, 2.45) is 5.73 Å². The quantitative estimate of drug-likeness (QED) is 0.838. The first-order chi connectivity index (χ1) is 7.04. The fraction of sp³-hybridized carbons (Fsp3) is 0.455. The first kappa shape index (κ1) is 13.0. The van der Waals surface area contributed by atoms with E-state index in [0.29, 0.717) is 6.54 Å². The Labute approximate surface area is 103 Å². The van der Waals surface area contributed by atoms with E-state index < -0.39 is 0 Å². The lowest BCUT2D eigenvalue weighted by atomic mass is 10.2. The third kappa shape index (κ3) is 3.79. The Morgan fingerprint density at radius 3 is 2.60 bits per heavy atom. The van der Waals surface area contributed by atoms with Crippen molar-refractivity contribution in [3.05, 3.63) is 28.2 Å². The summed E-state index contributed by atoms with van der Waals surface area (Å²) in [6.07, 6.45) is -0.309. The summed E-state index contributed by atoms with van der Waals surface area (Å²) in [4.78, 5) is 1.14. The second-order valence-electron chi connectivity index (χ2n) is 3.53. The van der Waals surface area contributed by atoms with Crippen LogP contribution in [-0.2, 0) is 6.54 Å². The van der Waals surface area contributed by atoms with Crippen molar-refractivity contribution < 1.29 is 5.11 Å². The molecule has 0 saturated carbocycles. The lowest BCUT2D eigenvalue weighted by Gasteiger charge is -2.15. The first-order valence-corrected chi connectivity index (χ1v) is 6.55. The number of nitrogens with two attached hydrogens (primary N) is 1. The van der Waals surface area contributed by atoms with Crippen molar-refractivity contribution in [2.75, 3.05) is 0 Å². The summed E-state index contributed by atoms with van der Waals surface area (Å²) in [5.41, 5.74) is 6.66. The normalized spacial score (nSPS) is 15.0. The van der Waals surface area contributed by atoms with Gasteiger partial charge in [0.1, 0.15) is 0 Å². The van der Waals surface area contributed by atoms with Crippen molar-refractivity contribution in [1.29, 1.82) is 0 Å². The van der Waals surface area contributed by atoms with Gasteiger partial charge in [-0.1, -0.05) is 13.0 Å². The van der Waals surface area contributed by atoms with Crippen LogP contribution in [-0.4, -0.2) is 16.5 Å². The van der Waals surface area contributed by atoms with Gasteiger partial charge in [-0.25, -0.2) is 0 Å². The third-order valence-electron chi connectivity index (χ3n) is 2.22. The van der Waals surface area contributed by atoms with Crippen LogP contribution in [0.15, 0.2) is 27.6 Å². The Hall–Kier alpha value is -0.0300. The lowest BCUT2D eigenvalue weighted by molar-refractivity contribution is 0.196. The maximum atomic E-state index is 9.42. The molecule has 2 atom stereocenters. The molecule has 0 aromatic heterocycles. The summed E-state index contributed by atoms with van der Waals surface area (Å²) in [5, 5.41) is 9.60. The van der Waals surface area contributed by atoms with Gasteiger partial charge in [0.2, 0.25) is 0 Å². The molecule has 84 valence electrons. The first-order valence-electron chi connectivity index (χ1n) is 4.87. The van der Waals surface area contributed by atoms with E-state index in [2.05, 4.69) is 15.9 Å². The molecule has 0 aliphatic heterocycles. The van der Waals surface area contributed by atoms with E-state index in [9.17, 15) is 5.11 Å². The van der Waals surface area contributed by atoms with E-state index in [1.807, 2.05) is 25.1 Å². The smallest absolute Gasteiger partial charge is 0.0631 e. The Kier molecular flexibility index (Phi) is 5.12. The SMILES string of the molecule is CC(O)C(C)Sc1ccc(CN)cc1Br. The second kappa shape index (κ2) is 5.89. The van der Waals surface area contributed by atoms with Crippen molar-refractivity contribution in [3.8, 4) is 0 Å². The fourth-order valence-corrected chi connectivity index (χ4v) is 2.69. The maximum Gasteiger partial charge on any atom is 0.0631 e. The highest BCUT2D eigenvalue weighted by molar-refractivity contribution is 9.10. The summed E-state index contributed by atoms with van der Waals surface area (Å²) in [6.45, 7) is 4.37. The molecule has 3 N–H and O–H groups in total. The average Bonchev–Trinajstić information content (AvgIpc) is 2.20.